The summed E-state index contributed by atoms with van der Waals surface area (Å²) in [5, 5.41) is 2.53. The van der Waals surface area contributed by atoms with Crippen LogP contribution >= 0.6 is 0 Å². The van der Waals surface area contributed by atoms with E-state index in [1.165, 1.54) is 5.56 Å². The number of hydrogen-bond acceptors (Lipinski definition) is 2. The van der Waals surface area contributed by atoms with Gasteiger partial charge in [0, 0.05) is 6.54 Å². The largest absolute Gasteiger partial charge is 0.431 e. The monoisotopic (exact) mass is 338 g/mol. The Morgan fingerprint density at radius 3 is 2.25 bits per heavy atom. The Morgan fingerprint density at radius 2 is 1.71 bits per heavy atom. The van der Waals surface area contributed by atoms with Gasteiger partial charge in [-0.2, -0.15) is 13.2 Å². The van der Waals surface area contributed by atoms with E-state index in [1.807, 2.05) is 24.3 Å². The fraction of sp³-hybridized carbons (Fsp3) is 0.294. The second kappa shape index (κ2) is 7.33. The van der Waals surface area contributed by atoms with Crippen molar-refractivity contribution >= 4 is 5.91 Å². The Kier molecular flexibility index (Phi) is 5.43. The maximum atomic E-state index is 12.5. The summed E-state index contributed by atoms with van der Waals surface area (Å²) in [5.41, 5.74) is -0.355. The smallest absolute Gasteiger partial charge is 0.352 e. The lowest BCUT2D eigenvalue weighted by atomic mass is 10.1. The molecule has 1 aromatic carbocycles. The van der Waals surface area contributed by atoms with E-state index in [0.29, 0.717) is 12.5 Å². The molecule has 7 heteroatoms. The van der Waals surface area contributed by atoms with Crippen LogP contribution in [-0.4, -0.2) is 17.4 Å². The van der Waals surface area contributed by atoms with E-state index in [9.17, 15) is 22.8 Å². The lowest BCUT2D eigenvalue weighted by molar-refractivity contribution is -0.141. The van der Waals surface area contributed by atoms with Gasteiger partial charge in [0.15, 0.2) is 0 Å². The predicted molar refractivity (Wildman–Crippen MR) is 83.9 cm³/mol. The minimum atomic E-state index is -4.65. The van der Waals surface area contributed by atoms with Crippen molar-refractivity contribution in [1.29, 1.82) is 0 Å². The van der Waals surface area contributed by atoms with Crippen molar-refractivity contribution in [3.05, 3.63) is 69.1 Å². The molecule has 0 radical (unpaired) electrons. The molecule has 0 bridgehead atoms. The topological polar surface area (TPSA) is 62.0 Å². The van der Waals surface area contributed by atoms with Crippen LogP contribution in [0.25, 0.3) is 0 Å². The zero-order chi connectivity index (χ0) is 17.7. The van der Waals surface area contributed by atoms with Gasteiger partial charge in [0.2, 0.25) is 0 Å². The van der Waals surface area contributed by atoms with Crippen LogP contribution in [0.3, 0.4) is 0 Å². The van der Waals surface area contributed by atoms with Crippen molar-refractivity contribution in [2.75, 3.05) is 6.54 Å². The third-order valence-corrected chi connectivity index (χ3v) is 3.59. The summed E-state index contributed by atoms with van der Waals surface area (Å²) < 4.78 is 37.4. The molecule has 4 nitrogen and oxygen atoms in total. The number of rotatable bonds is 5. The number of amides is 1. The van der Waals surface area contributed by atoms with Gasteiger partial charge in [0.05, 0.1) is 0 Å². The first-order chi connectivity index (χ1) is 11.3. The van der Waals surface area contributed by atoms with Gasteiger partial charge in [-0.05, 0) is 36.1 Å². The molecule has 1 heterocycles. The summed E-state index contributed by atoms with van der Waals surface area (Å²) in [5.74, 6) is -0.699. The number of carbonyl (C=O) groups excluding carboxylic acids is 1. The normalized spacial score (nSPS) is 11.3. The van der Waals surface area contributed by atoms with Gasteiger partial charge < -0.3 is 10.3 Å². The van der Waals surface area contributed by atoms with Crippen LogP contribution < -0.4 is 10.9 Å². The number of H-pyrrole nitrogens is 1. The van der Waals surface area contributed by atoms with Crippen LogP contribution in [0, 0.1) is 0 Å². The van der Waals surface area contributed by atoms with Crippen molar-refractivity contribution < 1.29 is 18.0 Å². The number of carbonyl (C=O) groups is 1. The molecule has 0 atom stereocenters. The Balaban J connectivity index is 1.96. The van der Waals surface area contributed by atoms with E-state index in [-0.39, 0.29) is 12.1 Å². The third kappa shape index (κ3) is 4.47. The van der Waals surface area contributed by atoms with Gasteiger partial charge in [-0.3, -0.25) is 9.59 Å². The summed E-state index contributed by atoms with van der Waals surface area (Å²) in [7, 11) is 0. The molecule has 0 saturated heterocycles. The standard InChI is InChI=1S/C17H17F3N2O2/c1-2-11-3-5-12(6-4-11)9-10-21-15(23)13-7-8-14(17(18,19)20)22-16(13)24/h3-8H,2,9-10H2,1H3,(H,21,23)(H,22,24). The maximum absolute atomic E-state index is 12.5. The van der Waals surface area contributed by atoms with E-state index < -0.39 is 23.3 Å². The van der Waals surface area contributed by atoms with Crippen LogP contribution in [0.15, 0.2) is 41.2 Å². The van der Waals surface area contributed by atoms with E-state index in [4.69, 9.17) is 0 Å². The highest BCUT2D eigenvalue weighted by atomic mass is 19.4. The highest BCUT2D eigenvalue weighted by molar-refractivity contribution is 5.93. The number of hydrogen-bond donors (Lipinski definition) is 2. The van der Waals surface area contributed by atoms with Crippen molar-refractivity contribution in [3.63, 3.8) is 0 Å². The molecule has 0 aliphatic rings. The van der Waals surface area contributed by atoms with Crippen molar-refractivity contribution in [2.45, 2.75) is 25.9 Å². The van der Waals surface area contributed by atoms with Gasteiger partial charge in [-0.15, -0.1) is 0 Å². The van der Waals surface area contributed by atoms with Crippen LogP contribution in [0.5, 0.6) is 0 Å². The van der Waals surface area contributed by atoms with Crippen molar-refractivity contribution in [2.24, 2.45) is 0 Å². The summed E-state index contributed by atoms with van der Waals surface area (Å²) in [6.07, 6.45) is -3.15. The number of halogens is 3. The number of nitrogens with one attached hydrogen (secondary N) is 2. The SMILES string of the molecule is CCc1ccc(CCNC(=O)c2ccc(C(F)(F)F)[nH]c2=O)cc1. The third-order valence-electron chi connectivity index (χ3n) is 3.59. The summed E-state index contributed by atoms with van der Waals surface area (Å²) in [6, 6.07) is 9.47. The maximum Gasteiger partial charge on any atom is 0.431 e. The van der Waals surface area contributed by atoms with Gasteiger partial charge in [-0.25, -0.2) is 0 Å². The second-order valence-corrected chi connectivity index (χ2v) is 5.29. The Hall–Kier alpha value is -2.57. The number of benzene rings is 1. The molecule has 1 aromatic heterocycles. The zero-order valence-corrected chi connectivity index (χ0v) is 13.0. The predicted octanol–water partition coefficient (Wildman–Crippen LogP) is 2.93. The molecule has 0 fully saturated rings. The first kappa shape index (κ1) is 17.8. The van der Waals surface area contributed by atoms with Gasteiger partial charge in [-0.1, -0.05) is 31.2 Å². The highest BCUT2D eigenvalue weighted by Gasteiger charge is 2.32. The Labute approximate surface area is 136 Å². The number of aryl methyl sites for hydroxylation is 1. The van der Waals surface area contributed by atoms with Crippen LogP contribution in [0.1, 0.15) is 34.1 Å². The molecule has 0 spiro atoms. The Bertz CT molecular complexity index is 765. The average Bonchev–Trinajstić information content (AvgIpc) is 2.54. The van der Waals surface area contributed by atoms with Crippen molar-refractivity contribution in [1.82, 2.24) is 10.3 Å². The first-order valence-corrected chi connectivity index (χ1v) is 7.48. The quantitative estimate of drug-likeness (QED) is 0.880. The number of alkyl halides is 3. The number of pyridine rings is 1. The molecule has 2 N–H and O–H groups in total. The van der Waals surface area contributed by atoms with E-state index in [0.717, 1.165) is 18.1 Å². The van der Waals surface area contributed by atoms with E-state index in [2.05, 4.69) is 12.2 Å². The number of aromatic amines is 1. The van der Waals surface area contributed by atoms with Crippen molar-refractivity contribution in [3.8, 4) is 0 Å². The van der Waals surface area contributed by atoms with Gasteiger partial charge in [0.25, 0.3) is 11.5 Å². The summed E-state index contributed by atoms with van der Waals surface area (Å²) in [4.78, 5) is 25.2. The highest BCUT2D eigenvalue weighted by Crippen LogP contribution is 2.26. The molecule has 2 aromatic rings. The number of aromatic nitrogens is 1. The molecule has 0 aliphatic heterocycles. The lowest BCUT2D eigenvalue weighted by Crippen LogP contribution is -2.32. The molecule has 24 heavy (non-hydrogen) atoms. The summed E-state index contributed by atoms with van der Waals surface area (Å²) >= 11 is 0. The molecule has 0 saturated carbocycles. The molecular weight excluding hydrogens is 321 g/mol. The van der Waals surface area contributed by atoms with E-state index >= 15 is 0 Å². The minimum Gasteiger partial charge on any atom is -0.352 e. The second-order valence-electron chi connectivity index (χ2n) is 5.29. The first-order valence-electron chi connectivity index (χ1n) is 7.48. The molecule has 2 rings (SSSR count). The molecule has 1 amide bonds. The fourth-order valence-corrected chi connectivity index (χ4v) is 2.18. The minimum absolute atomic E-state index is 0.283. The van der Waals surface area contributed by atoms with Crippen LogP contribution in [0.4, 0.5) is 13.2 Å². The Morgan fingerprint density at radius 1 is 1.08 bits per heavy atom. The summed E-state index contributed by atoms with van der Waals surface area (Å²) in [6.45, 7) is 2.33. The zero-order valence-electron chi connectivity index (χ0n) is 13.0. The van der Waals surface area contributed by atoms with Gasteiger partial charge >= 0.3 is 6.18 Å². The average molecular weight is 338 g/mol. The van der Waals surface area contributed by atoms with Gasteiger partial charge in [0.1, 0.15) is 11.3 Å². The molecule has 0 aliphatic carbocycles. The van der Waals surface area contributed by atoms with Crippen LogP contribution in [-0.2, 0) is 19.0 Å². The lowest BCUT2D eigenvalue weighted by Gasteiger charge is -2.08. The molecular formula is C17H17F3N2O2. The van der Waals surface area contributed by atoms with E-state index in [1.54, 1.807) is 4.98 Å². The van der Waals surface area contributed by atoms with Crippen LogP contribution in [0.2, 0.25) is 0 Å². The fourth-order valence-electron chi connectivity index (χ4n) is 2.18. The molecule has 0 unspecified atom stereocenters. The molecule has 128 valence electrons.